The van der Waals surface area contributed by atoms with Crippen molar-refractivity contribution in [2.45, 2.75) is 39.0 Å². The lowest BCUT2D eigenvalue weighted by molar-refractivity contribution is 0.215. The quantitative estimate of drug-likeness (QED) is 0.740. The summed E-state index contributed by atoms with van der Waals surface area (Å²) in [7, 11) is 0. The molecular weight excluding hydrogens is 190 g/mol. The zero-order valence-corrected chi connectivity index (χ0v) is 9.36. The van der Waals surface area contributed by atoms with Crippen molar-refractivity contribution in [1.82, 2.24) is 0 Å². The lowest BCUT2D eigenvalue weighted by Gasteiger charge is -2.34. The maximum Gasteiger partial charge on any atom is 0.0693 e. The molecule has 0 N–H and O–H groups in total. The number of thiophene rings is 1. The molecule has 0 amide bonds. The van der Waals surface area contributed by atoms with Gasteiger partial charge in [-0.3, -0.25) is 0 Å². The van der Waals surface area contributed by atoms with Gasteiger partial charge in [0.15, 0.2) is 0 Å². The Balaban J connectivity index is 2.07. The first kappa shape index (κ1) is 9.73. The Kier molecular flexibility index (Phi) is 2.60. The van der Waals surface area contributed by atoms with Crippen LogP contribution in [-0.2, 0) is 12.8 Å². The Morgan fingerprint density at radius 2 is 2.14 bits per heavy atom. The monoisotopic (exact) mass is 205 g/mol. The first-order valence-corrected chi connectivity index (χ1v) is 6.08. The highest BCUT2D eigenvalue weighted by molar-refractivity contribution is 7.11. The van der Waals surface area contributed by atoms with Crippen molar-refractivity contribution in [1.29, 1.82) is 5.26 Å². The molecule has 2 rings (SSSR count). The SMILES string of the molecule is CCc1ccc(CC2(C#N)CCC2)s1. The fraction of sp³-hybridized carbons (Fsp3) is 0.583. The van der Waals surface area contributed by atoms with E-state index < -0.39 is 0 Å². The largest absolute Gasteiger partial charge is 0.198 e. The summed E-state index contributed by atoms with van der Waals surface area (Å²) in [5.41, 5.74) is -0.00410. The summed E-state index contributed by atoms with van der Waals surface area (Å²) >= 11 is 1.87. The summed E-state index contributed by atoms with van der Waals surface area (Å²) < 4.78 is 0. The van der Waals surface area contributed by atoms with E-state index in [-0.39, 0.29) is 5.41 Å². The van der Waals surface area contributed by atoms with Crippen molar-refractivity contribution < 1.29 is 0 Å². The zero-order valence-electron chi connectivity index (χ0n) is 8.55. The predicted octanol–water partition coefficient (Wildman–Crippen LogP) is 3.55. The molecule has 1 aliphatic rings. The molecule has 74 valence electrons. The van der Waals surface area contributed by atoms with Gasteiger partial charge in [-0.2, -0.15) is 5.26 Å². The van der Waals surface area contributed by atoms with E-state index in [1.165, 1.54) is 16.2 Å². The number of aryl methyl sites for hydroxylation is 1. The van der Waals surface area contributed by atoms with Gasteiger partial charge in [-0.05, 0) is 31.4 Å². The first-order valence-electron chi connectivity index (χ1n) is 5.27. The maximum absolute atomic E-state index is 9.12. The predicted molar refractivity (Wildman–Crippen MR) is 59.3 cm³/mol. The van der Waals surface area contributed by atoms with Gasteiger partial charge in [0, 0.05) is 16.2 Å². The van der Waals surface area contributed by atoms with Crippen LogP contribution in [0.15, 0.2) is 12.1 Å². The zero-order chi connectivity index (χ0) is 10.0. The van der Waals surface area contributed by atoms with Gasteiger partial charge in [-0.25, -0.2) is 0 Å². The normalized spacial score (nSPS) is 18.6. The van der Waals surface area contributed by atoms with Crippen molar-refractivity contribution >= 4 is 11.3 Å². The molecule has 1 aromatic heterocycles. The molecule has 14 heavy (non-hydrogen) atoms. The highest BCUT2D eigenvalue weighted by Crippen LogP contribution is 2.43. The maximum atomic E-state index is 9.12. The second-order valence-corrected chi connectivity index (χ2v) is 5.40. The minimum Gasteiger partial charge on any atom is -0.198 e. The number of nitrogens with zero attached hydrogens (tertiary/aromatic N) is 1. The molecule has 0 spiro atoms. The second-order valence-electron chi connectivity index (χ2n) is 4.14. The summed E-state index contributed by atoms with van der Waals surface area (Å²) in [6.07, 6.45) is 5.53. The van der Waals surface area contributed by atoms with Crippen molar-refractivity contribution in [2.24, 2.45) is 5.41 Å². The molecule has 1 heterocycles. The van der Waals surface area contributed by atoms with Crippen LogP contribution in [0.25, 0.3) is 0 Å². The Morgan fingerprint density at radius 1 is 1.43 bits per heavy atom. The molecule has 0 aromatic carbocycles. The first-order chi connectivity index (χ1) is 6.78. The van der Waals surface area contributed by atoms with Gasteiger partial charge in [0.05, 0.1) is 11.5 Å². The van der Waals surface area contributed by atoms with Gasteiger partial charge in [0.1, 0.15) is 0 Å². The van der Waals surface area contributed by atoms with Crippen LogP contribution in [0.4, 0.5) is 0 Å². The van der Waals surface area contributed by atoms with Crippen molar-refractivity contribution in [3.8, 4) is 6.07 Å². The molecule has 0 aliphatic heterocycles. The smallest absolute Gasteiger partial charge is 0.0693 e. The lowest BCUT2D eigenvalue weighted by atomic mass is 9.67. The molecule has 0 atom stereocenters. The minimum atomic E-state index is -0.00410. The fourth-order valence-electron chi connectivity index (χ4n) is 1.97. The Labute approximate surface area is 89.4 Å². The number of nitriles is 1. The van der Waals surface area contributed by atoms with E-state index >= 15 is 0 Å². The van der Waals surface area contributed by atoms with E-state index in [1.54, 1.807) is 0 Å². The number of rotatable bonds is 3. The molecule has 1 aromatic rings. The lowest BCUT2D eigenvalue weighted by Crippen LogP contribution is -2.29. The standard InChI is InChI=1S/C12H15NS/c1-2-10-4-5-11(14-10)8-12(9-13)6-3-7-12/h4-5H,2-3,6-8H2,1H3. The third kappa shape index (κ3) is 1.69. The third-order valence-electron chi connectivity index (χ3n) is 3.13. The molecule has 2 heteroatoms. The number of hydrogen-bond acceptors (Lipinski definition) is 2. The van der Waals surface area contributed by atoms with Gasteiger partial charge in [-0.15, -0.1) is 11.3 Å². The van der Waals surface area contributed by atoms with E-state index in [0.29, 0.717) is 0 Å². The van der Waals surface area contributed by atoms with E-state index in [4.69, 9.17) is 5.26 Å². The van der Waals surface area contributed by atoms with E-state index in [9.17, 15) is 0 Å². The average Bonchev–Trinajstić information content (AvgIpc) is 2.59. The van der Waals surface area contributed by atoms with Gasteiger partial charge in [-0.1, -0.05) is 13.3 Å². The molecule has 1 saturated carbocycles. The van der Waals surface area contributed by atoms with Crippen LogP contribution in [0.5, 0.6) is 0 Å². The summed E-state index contributed by atoms with van der Waals surface area (Å²) in [6, 6.07) is 6.89. The molecule has 1 nitrogen and oxygen atoms in total. The van der Waals surface area contributed by atoms with E-state index in [2.05, 4.69) is 25.1 Å². The Bertz CT molecular complexity index is 355. The highest BCUT2D eigenvalue weighted by atomic mass is 32.1. The Morgan fingerprint density at radius 3 is 2.57 bits per heavy atom. The van der Waals surface area contributed by atoms with Crippen LogP contribution in [-0.4, -0.2) is 0 Å². The molecule has 1 aliphatic carbocycles. The minimum absolute atomic E-state index is 0.00410. The second kappa shape index (κ2) is 3.74. The highest BCUT2D eigenvalue weighted by Gasteiger charge is 2.37. The average molecular weight is 205 g/mol. The summed E-state index contributed by atoms with van der Waals surface area (Å²) in [4.78, 5) is 2.83. The van der Waals surface area contributed by atoms with Crippen LogP contribution in [0.2, 0.25) is 0 Å². The van der Waals surface area contributed by atoms with Crippen LogP contribution >= 0.6 is 11.3 Å². The van der Waals surface area contributed by atoms with Crippen molar-refractivity contribution in [3.63, 3.8) is 0 Å². The Hall–Kier alpha value is -0.810. The molecule has 1 fully saturated rings. The van der Waals surface area contributed by atoms with Gasteiger partial charge in [0.25, 0.3) is 0 Å². The summed E-state index contributed by atoms with van der Waals surface area (Å²) in [5.74, 6) is 0. The molecule has 0 unspecified atom stereocenters. The molecular formula is C12H15NS. The van der Waals surface area contributed by atoms with E-state index in [1.807, 2.05) is 11.3 Å². The van der Waals surface area contributed by atoms with Gasteiger partial charge < -0.3 is 0 Å². The van der Waals surface area contributed by atoms with Gasteiger partial charge in [0.2, 0.25) is 0 Å². The molecule has 0 saturated heterocycles. The third-order valence-corrected chi connectivity index (χ3v) is 4.36. The van der Waals surface area contributed by atoms with E-state index in [0.717, 1.165) is 25.7 Å². The summed E-state index contributed by atoms with van der Waals surface area (Å²) in [5, 5.41) is 9.12. The van der Waals surface area contributed by atoms with Crippen molar-refractivity contribution in [2.75, 3.05) is 0 Å². The number of hydrogen-bond donors (Lipinski definition) is 0. The fourth-order valence-corrected chi connectivity index (χ4v) is 3.07. The topological polar surface area (TPSA) is 23.8 Å². The molecule has 0 radical (unpaired) electrons. The van der Waals surface area contributed by atoms with Crippen molar-refractivity contribution in [3.05, 3.63) is 21.9 Å². The van der Waals surface area contributed by atoms with Crippen LogP contribution in [0.1, 0.15) is 35.9 Å². The summed E-state index contributed by atoms with van der Waals surface area (Å²) in [6.45, 7) is 2.18. The van der Waals surface area contributed by atoms with Crippen LogP contribution in [0, 0.1) is 16.7 Å². The molecule has 0 bridgehead atoms. The van der Waals surface area contributed by atoms with Crippen LogP contribution in [0.3, 0.4) is 0 Å². The van der Waals surface area contributed by atoms with Crippen LogP contribution < -0.4 is 0 Å². The van der Waals surface area contributed by atoms with Gasteiger partial charge >= 0.3 is 0 Å².